The molecule has 0 aliphatic carbocycles. The van der Waals surface area contributed by atoms with E-state index in [1.54, 1.807) is 20.8 Å². The number of rotatable bonds is 3. The van der Waals surface area contributed by atoms with Gasteiger partial charge in [-0.05, 0) is 26.8 Å². The fourth-order valence-corrected chi connectivity index (χ4v) is 3.44. The van der Waals surface area contributed by atoms with Crippen molar-refractivity contribution in [1.82, 2.24) is 4.72 Å². The van der Waals surface area contributed by atoms with Crippen LogP contribution in [-0.4, -0.2) is 24.0 Å². The van der Waals surface area contributed by atoms with Gasteiger partial charge in [0, 0.05) is 11.6 Å². The Morgan fingerprint density at radius 3 is 2.32 bits per heavy atom. The molecule has 0 bridgehead atoms. The van der Waals surface area contributed by atoms with Crippen molar-refractivity contribution in [2.75, 3.05) is 0 Å². The molecule has 1 aromatic rings. The second kappa shape index (κ2) is 4.95. The van der Waals surface area contributed by atoms with E-state index in [1.165, 1.54) is 0 Å². The summed E-state index contributed by atoms with van der Waals surface area (Å²) in [7, 11) is -4.17. The third-order valence-corrected chi connectivity index (χ3v) is 4.23. The van der Waals surface area contributed by atoms with Crippen molar-refractivity contribution < 1.29 is 18.4 Å². The Labute approximate surface area is 115 Å². The molecule has 0 fully saturated rings. The molecular formula is C10H13ClN2O5S. The Balaban J connectivity index is 3.51. The molecule has 0 spiro atoms. The second-order valence-corrected chi connectivity index (χ2v) is 6.88. The zero-order chi connectivity index (χ0) is 15.0. The van der Waals surface area contributed by atoms with Gasteiger partial charge < -0.3 is 5.11 Å². The molecular weight excluding hydrogens is 296 g/mol. The van der Waals surface area contributed by atoms with Crippen molar-refractivity contribution in [1.29, 1.82) is 0 Å². The first-order valence-electron chi connectivity index (χ1n) is 5.15. The molecule has 0 saturated carbocycles. The average molecular weight is 309 g/mol. The maximum absolute atomic E-state index is 12.1. The second-order valence-electron chi connectivity index (χ2n) is 4.86. The highest BCUT2D eigenvalue weighted by atomic mass is 35.5. The summed E-state index contributed by atoms with van der Waals surface area (Å²) in [5.74, 6) is -0.978. The molecule has 7 nitrogen and oxygen atoms in total. The van der Waals surface area contributed by atoms with Crippen LogP contribution in [0.2, 0.25) is 5.02 Å². The first kappa shape index (κ1) is 15.7. The first-order chi connectivity index (χ1) is 8.46. The van der Waals surface area contributed by atoms with Crippen molar-refractivity contribution in [3.63, 3.8) is 0 Å². The number of nitrogens with zero attached hydrogens (tertiary/aromatic N) is 1. The summed E-state index contributed by atoms with van der Waals surface area (Å²) >= 11 is 5.72. The number of nitrogens with one attached hydrogen (secondary N) is 1. The number of phenols is 1. The zero-order valence-corrected chi connectivity index (χ0v) is 12.0. The molecule has 9 heteroatoms. The van der Waals surface area contributed by atoms with E-state index in [-0.39, 0.29) is 5.02 Å². The molecule has 1 rings (SSSR count). The normalized spacial score (nSPS) is 12.4. The van der Waals surface area contributed by atoms with E-state index in [0.717, 1.165) is 12.1 Å². The van der Waals surface area contributed by atoms with E-state index in [4.69, 9.17) is 11.6 Å². The van der Waals surface area contributed by atoms with Crippen LogP contribution in [0.4, 0.5) is 5.69 Å². The summed E-state index contributed by atoms with van der Waals surface area (Å²) in [6.45, 7) is 4.77. The van der Waals surface area contributed by atoms with Gasteiger partial charge in [0.2, 0.25) is 15.8 Å². The number of halogens is 1. The van der Waals surface area contributed by atoms with E-state index in [1.807, 2.05) is 0 Å². The Bertz CT molecular complexity index is 622. The quantitative estimate of drug-likeness (QED) is 0.656. The largest absolute Gasteiger partial charge is 0.501 e. The van der Waals surface area contributed by atoms with Gasteiger partial charge in [-0.1, -0.05) is 11.6 Å². The lowest BCUT2D eigenvalue weighted by atomic mass is 10.1. The molecule has 0 radical (unpaired) electrons. The number of benzene rings is 1. The number of sulfonamides is 1. The molecule has 0 aliphatic rings. The molecule has 0 heterocycles. The van der Waals surface area contributed by atoms with Crippen LogP contribution in [0.3, 0.4) is 0 Å². The minimum absolute atomic E-state index is 0.292. The van der Waals surface area contributed by atoms with E-state index in [9.17, 15) is 23.6 Å². The van der Waals surface area contributed by atoms with Crippen molar-refractivity contribution in [3.05, 3.63) is 27.3 Å². The Morgan fingerprint density at radius 1 is 1.37 bits per heavy atom. The molecule has 0 atom stereocenters. The number of aromatic hydroxyl groups is 1. The molecule has 1 aromatic carbocycles. The third-order valence-electron chi connectivity index (χ3n) is 1.97. The molecule has 0 aromatic heterocycles. The van der Waals surface area contributed by atoms with Gasteiger partial charge in [-0.2, -0.15) is 0 Å². The fourth-order valence-electron chi connectivity index (χ4n) is 1.39. The lowest BCUT2D eigenvalue weighted by Crippen LogP contribution is -2.40. The van der Waals surface area contributed by atoms with Crippen LogP contribution in [-0.2, 0) is 10.0 Å². The topological polar surface area (TPSA) is 110 Å². The smallest absolute Gasteiger partial charge is 0.312 e. The highest BCUT2D eigenvalue weighted by Gasteiger charge is 2.31. The number of hydrogen-bond acceptors (Lipinski definition) is 5. The summed E-state index contributed by atoms with van der Waals surface area (Å²) in [5.41, 5.74) is -1.54. The summed E-state index contributed by atoms with van der Waals surface area (Å²) in [6.07, 6.45) is 0. The minimum Gasteiger partial charge on any atom is -0.501 e. The number of nitro groups is 1. The van der Waals surface area contributed by atoms with Gasteiger partial charge >= 0.3 is 5.69 Å². The number of hydrogen-bond donors (Lipinski definition) is 2. The van der Waals surface area contributed by atoms with Gasteiger partial charge in [0.1, 0.15) is 4.90 Å². The average Bonchev–Trinajstić information content (AvgIpc) is 2.11. The van der Waals surface area contributed by atoms with Gasteiger partial charge in [-0.25, -0.2) is 13.1 Å². The molecule has 106 valence electrons. The Hall–Kier alpha value is -1.38. The lowest BCUT2D eigenvalue weighted by molar-refractivity contribution is -0.386. The Morgan fingerprint density at radius 2 is 1.89 bits per heavy atom. The molecule has 0 saturated heterocycles. The monoisotopic (exact) mass is 308 g/mol. The predicted molar refractivity (Wildman–Crippen MR) is 69.8 cm³/mol. The summed E-state index contributed by atoms with van der Waals surface area (Å²) < 4.78 is 26.4. The summed E-state index contributed by atoms with van der Waals surface area (Å²) in [4.78, 5) is 9.10. The van der Waals surface area contributed by atoms with Crippen LogP contribution in [0.25, 0.3) is 0 Å². The minimum atomic E-state index is -4.17. The summed E-state index contributed by atoms with van der Waals surface area (Å²) in [5, 5.41) is 20.1. The maximum atomic E-state index is 12.1. The zero-order valence-electron chi connectivity index (χ0n) is 10.5. The molecule has 19 heavy (non-hydrogen) atoms. The predicted octanol–water partition coefficient (Wildman–Crippen LogP) is 2.03. The highest BCUT2D eigenvalue weighted by molar-refractivity contribution is 7.89. The van der Waals surface area contributed by atoms with Crippen LogP contribution in [0.15, 0.2) is 17.0 Å². The van der Waals surface area contributed by atoms with Gasteiger partial charge in [-0.3, -0.25) is 10.1 Å². The van der Waals surface area contributed by atoms with Gasteiger partial charge in [0.05, 0.1) is 9.95 Å². The SMILES string of the molecule is CC(C)(C)NS(=O)(=O)c1c(Cl)ccc([N+](=O)[O-])c1O. The number of phenolic OH excluding ortho intramolecular Hbond substituents is 1. The van der Waals surface area contributed by atoms with Crippen LogP contribution >= 0.6 is 11.6 Å². The molecule has 0 aliphatic heterocycles. The van der Waals surface area contributed by atoms with Crippen molar-refractivity contribution in [3.8, 4) is 5.75 Å². The third kappa shape index (κ3) is 3.55. The first-order valence-corrected chi connectivity index (χ1v) is 7.01. The van der Waals surface area contributed by atoms with Gasteiger partial charge in [0.15, 0.2) is 0 Å². The van der Waals surface area contributed by atoms with Crippen molar-refractivity contribution >= 4 is 27.3 Å². The lowest BCUT2D eigenvalue weighted by Gasteiger charge is -2.21. The van der Waals surface area contributed by atoms with E-state index in [2.05, 4.69) is 4.72 Å². The highest BCUT2D eigenvalue weighted by Crippen LogP contribution is 2.38. The van der Waals surface area contributed by atoms with E-state index in [0.29, 0.717) is 0 Å². The maximum Gasteiger partial charge on any atom is 0.312 e. The number of nitro benzene ring substituents is 1. The van der Waals surface area contributed by atoms with Crippen LogP contribution in [0.5, 0.6) is 5.75 Å². The molecule has 2 N–H and O–H groups in total. The van der Waals surface area contributed by atoms with E-state index >= 15 is 0 Å². The van der Waals surface area contributed by atoms with Gasteiger partial charge in [0.25, 0.3) is 0 Å². The molecule has 0 amide bonds. The standard InChI is InChI=1S/C10H13ClN2O5S/c1-10(2,3)12-19(17,18)9-6(11)4-5-7(8(9)14)13(15)16/h4-5,12,14H,1-3H3. The van der Waals surface area contributed by atoms with Gasteiger partial charge in [-0.15, -0.1) is 0 Å². The fraction of sp³-hybridized carbons (Fsp3) is 0.400. The van der Waals surface area contributed by atoms with Crippen LogP contribution in [0, 0.1) is 10.1 Å². The van der Waals surface area contributed by atoms with Crippen molar-refractivity contribution in [2.24, 2.45) is 0 Å². The van der Waals surface area contributed by atoms with Crippen molar-refractivity contribution in [2.45, 2.75) is 31.2 Å². The summed E-state index contributed by atoms with van der Waals surface area (Å²) in [6, 6.07) is 1.99. The Kier molecular flexibility index (Phi) is 4.08. The van der Waals surface area contributed by atoms with Crippen LogP contribution < -0.4 is 4.72 Å². The van der Waals surface area contributed by atoms with Crippen LogP contribution in [0.1, 0.15) is 20.8 Å². The molecule has 0 unspecified atom stereocenters. The van der Waals surface area contributed by atoms with E-state index < -0.39 is 36.8 Å².